The summed E-state index contributed by atoms with van der Waals surface area (Å²) in [6.45, 7) is 2.34. The van der Waals surface area contributed by atoms with Crippen LogP contribution in [0.5, 0.6) is 0 Å². The molecule has 0 radical (unpaired) electrons. The van der Waals surface area contributed by atoms with Gasteiger partial charge >= 0.3 is 0 Å². The summed E-state index contributed by atoms with van der Waals surface area (Å²) in [4.78, 5) is 34.8. The van der Waals surface area contributed by atoms with Gasteiger partial charge in [0.2, 0.25) is 11.8 Å². The Kier molecular flexibility index (Phi) is 7.12. The molecule has 1 atom stereocenters. The van der Waals surface area contributed by atoms with E-state index in [0.29, 0.717) is 32.0 Å². The van der Waals surface area contributed by atoms with Crippen LogP contribution in [-0.2, 0) is 27.3 Å². The first-order chi connectivity index (χ1) is 14.7. The fraction of sp³-hybridized carbons (Fsp3) is 0.522. The molecule has 2 fully saturated rings. The molecule has 2 aromatic rings. The highest BCUT2D eigenvalue weighted by atomic mass is 32.1. The third-order valence-electron chi connectivity index (χ3n) is 5.63. The maximum atomic E-state index is 12.9. The van der Waals surface area contributed by atoms with Crippen molar-refractivity contribution in [3.05, 3.63) is 52.5 Å². The van der Waals surface area contributed by atoms with E-state index in [1.54, 1.807) is 28.6 Å². The van der Waals surface area contributed by atoms with Crippen LogP contribution in [0.25, 0.3) is 0 Å². The van der Waals surface area contributed by atoms with E-state index >= 15 is 0 Å². The van der Waals surface area contributed by atoms with Crippen LogP contribution in [-0.4, -0.2) is 58.9 Å². The largest absolute Gasteiger partial charge is 0.374 e. The molecule has 0 unspecified atom stereocenters. The molecule has 4 rings (SSSR count). The summed E-state index contributed by atoms with van der Waals surface area (Å²) >= 11 is 1.72. The van der Waals surface area contributed by atoms with Gasteiger partial charge in [-0.3, -0.25) is 14.6 Å². The van der Waals surface area contributed by atoms with Crippen molar-refractivity contribution in [1.82, 2.24) is 14.8 Å². The monoisotopic (exact) mass is 427 g/mol. The van der Waals surface area contributed by atoms with E-state index in [2.05, 4.69) is 16.4 Å². The fourth-order valence-electron chi connectivity index (χ4n) is 3.72. The van der Waals surface area contributed by atoms with Crippen LogP contribution >= 0.6 is 11.3 Å². The van der Waals surface area contributed by atoms with Crippen molar-refractivity contribution in [2.24, 2.45) is 5.92 Å². The smallest absolute Gasteiger partial charge is 0.242 e. The Morgan fingerprint density at radius 2 is 2.13 bits per heavy atom. The molecule has 1 aliphatic heterocycles. The minimum Gasteiger partial charge on any atom is -0.374 e. The number of hydrogen-bond donors (Lipinski definition) is 0. The molecule has 2 aliphatic rings. The molecule has 0 aromatic carbocycles. The van der Waals surface area contributed by atoms with Crippen LogP contribution in [0.15, 0.2) is 42.0 Å². The molecular weight excluding hydrogens is 398 g/mol. The van der Waals surface area contributed by atoms with Gasteiger partial charge in [-0.05, 0) is 54.7 Å². The first kappa shape index (κ1) is 21.0. The molecule has 2 amide bonds. The number of hydrogen-bond acceptors (Lipinski definition) is 5. The van der Waals surface area contributed by atoms with Gasteiger partial charge in [-0.1, -0.05) is 12.1 Å². The van der Waals surface area contributed by atoms with Gasteiger partial charge in [0.05, 0.1) is 12.6 Å². The molecule has 160 valence electrons. The van der Waals surface area contributed by atoms with Gasteiger partial charge < -0.3 is 14.5 Å². The van der Waals surface area contributed by atoms with Crippen molar-refractivity contribution < 1.29 is 14.3 Å². The number of ether oxygens (including phenoxy) is 1. The Labute approximate surface area is 181 Å². The number of pyridine rings is 1. The highest BCUT2D eigenvalue weighted by molar-refractivity contribution is 7.09. The lowest BCUT2D eigenvalue weighted by atomic mass is 10.2. The predicted molar refractivity (Wildman–Crippen MR) is 116 cm³/mol. The Morgan fingerprint density at radius 3 is 2.87 bits per heavy atom. The zero-order valence-corrected chi connectivity index (χ0v) is 18.1. The van der Waals surface area contributed by atoms with Crippen molar-refractivity contribution in [3.63, 3.8) is 0 Å². The predicted octanol–water partition coefficient (Wildman–Crippen LogP) is 3.13. The fourth-order valence-corrected chi connectivity index (χ4v) is 4.47. The number of aryl methyl sites for hydroxylation is 1. The zero-order chi connectivity index (χ0) is 20.8. The van der Waals surface area contributed by atoms with Crippen LogP contribution in [0.1, 0.15) is 36.1 Å². The van der Waals surface area contributed by atoms with Gasteiger partial charge in [-0.15, -0.1) is 11.3 Å². The second-order valence-electron chi connectivity index (χ2n) is 8.24. The summed E-state index contributed by atoms with van der Waals surface area (Å²) in [5.74, 6) is 0.664. The normalized spacial score (nSPS) is 19.7. The Balaban J connectivity index is 1.37. The Morgan fingerprint density at radius 1 is 1.23 bits per heavy atom. The molecule has 7 heteroatoms. The van der Waals surface area contributed by atoms with Crippen LogP contribution in [0, 0.1) is 5.92 Å². The highest BCUT2D eigenvalue weighted by Gasteiger charge is 2.32. The number of thiophene rings is 1. The standard InChI is InChI=1S/C23H29N3O3S/c27-22(7-1-5-21-6-3-11-30-21)26-15-20(29-17-18-8-9-18)14-25(23(28)16-26)13-19-4-2-10-24-12-19/h2-4,6,10-12,18,20H,1,5,7-9,13-17H2/t20-/m1/s1. The molecule has 3 heterocycles. The molecule has 0 N–H and O–H groups in total. The number of amides is 2. The second-order valence-corrected chi connectivity index (χ2v) is 9.27. The summed E-state index contributed by atoms with van der Waals surface area (Å²) in [5.41, 5.74) is 0.988. The van der Waals surface area contributed by atoms with E-state index in [0.717, 1.165) is 25.0 Å². The van der Waals surface area contributed by atoms with Gasteiger partial charge in [-0.2, -0.15) is 0 Å². The van der Waals surface area contributed by atoms with E-state index in [1.165, 1.54) is 17.7 Å². The molecule has 30 heavy (non-hydrogen) atoms. The summed E-state index contributed by atoms with van der Waals surface area (Å²) in [7, 11) is 0. The maximum Gasteiger partial charge on any atom is 0.242 e. The van der Waals surface area contributed by atoms with Crippen LogP contribution in [0.3, 0.4) is 0 Å². The molecule has 1 saturated carbocycles. The maximum absolute atomic E-state index is 12.9. The molecule has 1 aliphatic carbocycles. The SMILES string of the molecule is O=C(CCCc1cccs1)N1CC(=O)N(Cc2cccnc2)C[C@@H](OCC2CC2)C1. The number of carbonyl (C=O) groups excluding carboxylic acids is 2. The van der Waals surface area contributed by atoms with Crippen molar-refractivity contribution in [2.45, 2.75) is 44.8 Å². The van der Waals surface area contributed by atoms with Gasteiger partial charge in [0.15, 0.2) is 0 Å². The number of rotatable bonds is 9. The number of carbonyl (C=O) groups is 2. The van der Waals surface area contributed by atoms with Gasteiger partial charge in [0.25, 0.3) is 0 Å². The highest BCUT2D eigenvalue weighted by Crippen LogP contribution is 2.29. The Bertz CT molecular complexity index is 823. The molecule has 6 nitrogen and oxygen atoms in total. The first-order valence-electron chi connectivity index (χ1n) is 10.8. The summed E-state index contributed by atoms with van der Waals surface area (Å²) in [6.07, 6.45) is 7.97. The van der Waals surface area contributed by atoms with Crippen molar-refractivity contribution in [3.8, 4) is 0 Å². The average Bonchev–Trinajstić information content (AvgIpc) is 3.47. The second kappa shape index (κ2) is 10.2. The third-order valence-corrected chi connectivity index (χ3v) is 6.57. The van der Waals surface area contributed by atoms with Crippen molar-refractivity contribution in [1.29, 1.82) is 0 Å². The van der Waals surface area contributed by atoms with E-state index in [9.17, 15) is 9.59 Å². The topological polar surface area (TPSA) is 62.7 Å². The zero-order valence-electron chi connectivity index (χ0n) is 17.2. The Hall–Kier alpha value is -2.25. The van der Waals surface area contributed by atoms with Gasteiger partial charge in [-0.25, -0.2) is 0 Å². The van der Waals surface area contributed by atoms with Crippen molar-refractivity contribution >= 4 is 23.2 Å². The summed E-state index contributed by atoms with van der Waals surface area (Å²) in [6, 6.07) is 7.98. The van der Waals surface area contributed by atoms with E-state index in [4.69, 9.17) is 4.74 Å². The minimum absolute atomic E-state index is 0.0250. The van der Waals surface area contributed by atoms with E-state index in [-0.39, 0.29) is 24.5 Å². The lowest BCUT2D eigenvalue weighted by Crippen LogP contribution is -2.39. The van der Waals surface area contributed by atoms with Crippen LogP contribution < -0.4 is 0 Å². The molecule has 0 spiro atoms. The quantitative estimate of drug-likeness (QED) is 0.617. The van der Waals surface area contributed by atoms with Gasteiger partial charge in [0, 0.05) is 49.9 Å². The lowest BCUT2D eigenvalue weighted by Gasteiger charge is -2.25. The van der Waals surface area contributed by atoms with E-state index < -0.39 is 0 Å². The summed E-state index contributed by atoms with van der Waals surface area (Å²) < 4.78 is 6.15. The van der Waals surface area contributed by atoms with Crippen molar-refractivity contribution in [2.75, 3.05) is 26.2 Å². The third kappa shape index (κ3) is 6.12. The lowest BCUT2D eigenvalue weighted by molar-refractivity contribution is -0.139. The number of nitrogens with zero attached hydrogens (tertiary/aromatic N) is 3. The minimum atomic E-state index is -0.144. The molecule has 2 aromatic heterocycles. The molecule has 1 saturated heterocycles. The summed E-state index contributed by atoms with van der Waals surface area (Å²) in [5, 5.41) is 2.06. The van der Waals surface area contributed by atoms with Crippen LogP contribution in [0.2, 0.25) is 0 Å². The van der Waals surface area contributed by atoms with Gasteiger partial charge in [0.1, 0.15) is 0 Å². The number of aromatic nitrogens is 1. The van der Waals surface area contributed by atoms with E-state index in [1.807, 2.05) is 23.1 Å². The molecule has 0 bridgehead atoms. The molecular formula is C23H29N3O3S. The average molecular weight is 428 g/mol. The first-order valence-corrected chi connectivity index (χ1v) is 11.6. The van der Waals surface area contributed by atoms with Crippen LogP contribution in [0.4, 0.5) is 0 Å².